The molecule has 0 saturated carbocycles. The van der Waals surface area contributed by atoms with Gasteiger partial charge in [0.1, 0.15) is 11.4 Å². The molecule has 2 rings (SSSR count). The zero-order valence-electron chi connectivity index (χ0n) is 17.0. The van der Waals surface area contributed by atoms with Crippen LogP contribution in [0.25, 0.3) is 0 Å². The van der Waals surface area contributed by atoms with Gasteiger partial charge in [-0.1, -0.05) is 30.3 Å². The summed E-state index contributed by atoms with van der Waals surface area (Å²) >= 11 is 0. The van der Waals surface area contributed by atoms with Gasteiger partial charge in [-0.25, -0.2) is 4.79 Å². The highest BCUT2D eigenvalue weighted by Gasteiger charge is 2.16. The number of alkyl carbamates (subject to hydrolysis) is 1. The average molecular weight is 386 g/mol. The molecule has 6 heteroatoms. The van der Waals surface area contributed by atoms with Crippen LogP contribution in [0.1, 0.15) is 44.4 Å². The van der Waals surface area contributed by atoms with Crippen molar-refractivity contribution in [3.05, 3.63) is 59.7 Å². The third-order valence-electron chi connectivity index (χ3n) is 4.03. The number of hydrogen-bond donors (Lipinski definition) is 3. The molecular weight excluding hydrogens is 356 g/mol. The molecule has 0 spiro atoms. The standard InChI is InChI=1S/C22H30N2O4/c1-22(2,3)28-21(26)23-13-12-19(25)16-9-7-10-18(14-16)24-15-17-8-5-6-11-20(17)27-4/h5-11,14,19,24-25H,12-13,15H2,1-4H3,(H,23,26). The molecule has 28 heavy (non-hydrogen) atoms. The first kappa shape index (κ1) is 21.6. The second-order valence-electron chi connectivity index (χ2n) is 7.52. The van der Waals surface area contributed by atoms with E-state index in [2.05, 4.69) is 10.6 Å². The molecule has 3 N–H and O–H groups in total. The third kappa shape index (κ3) is 7.12. The maximum absolute atomic E-state index is 11.7. The van der Waals surface area contributed by atoms with Gasteiger partial charge in [0.2, 0.25) is 0 Å². The van der Waals surface area contributed by atoms with E-state index in [0.29, 0.717) is 19.5 Å². The van der Waals surface area contributed by atoms with Crippen LogP contribution in [0.15, 0.2) is 48.5 Å². The Balaban J connectivity index is 1.87. The molecule has 1 atom stereocenters. The minimum absolute atomic E-state index is 0.328. The smallest absolute Gasteiger partial charge is 0.407 e. The number of carbonyl (C=O) groups is 1. The molecule has 0 heterocycles. The summed E-state index contributed by atoms with van der Waals surface area (Å²) in [5.74, 6) is 0.833. The zero-order valence-corrected chi connectivity index (χ0v) is 17.0. The zero-order chi connectivity index (χ0) is 20.6. The van der Waals surface area contributed by atoms with E-state index in [-0.39, 0.29) is 0 Å². The number of methoxy groups -OCH3 is 1. The SMILES string of the molecule is COc1ccccc1CNc1cccc(C(O)CCNC(=O)OC(C)(C)C)c1. The quantitative estimate of drug-likeness (QED) is 0.632. The van der Waals surface area contributed by atoms with Crippen LogP contribution in [0.5, 0.6) is 5.75 Å². The first-order valence-corrected chi connectivity index (χ1v) is 9.39. The van der Waals surface area contributed by atoms with Crippen molar-refractivity contribution in [2.75, 3.05) is 19.0 Å². The van der Waals surface area contributed by atoms with Gasteiger partial charge in [0.25, 0.3) is 0 Å². The molecule has 0 radical (unpaired) electrons. The Hall–Kier alpha value is -2.73. The summed E-state index contributed by atoms with van der Waals surface area (Å²) in [4.78, 5) is 11.7. The molecule has 0 saturated heterocycles. The molecule has 0 bridgehead atoms. The number of hydrogen-bond acceptors (Lipinski definition) is 5. The Labute approximate surface area is 166 Å². The van der Waals surface area contributed by atoms with Gasteiger partial charge in [-0.2, -0.15) is 0 Å². The van der Waals surface area contributed by atoms with E-state index in [9.17, 15) is 9.90 Å². The van der Waals surface area contributed by atoms with Crippen LogP contribution >= 0.6 is 0 Å². The molecular formula is C22H30N2O4. The highest BCUT2D eigenvalue weighted by atomic mass is 16.6. The monoisotopic (exact) mass is 386 g/mol. The number of nitrogens with one attached hydrogen (secondary N) is 2. The van der Waals surface area contributed by atoms with Crippen molar-refractivity contribution < 1.29 is 19.4 Å². The van der Waals surface area contributed by atoms with Gasteiger partial charge in [0.05, 0.1) is 13.2 Å². The van der Waals surface area contributed by atoms with Gasteiger partial charge in [-0.15, -0.1) is 0 Å². The molecule has 0 fully saturated rings. The van der Waals surface area contributed by atoms with E-state index in [1.165, 1.54) is 0 Å². The summed E-state index contributed by atoms with van der Waals surface area (Å²) in [5, 5.41) is 16.4. The van der Waals surface area contributed by atoms with Crippen molar-refractivity contribution in [1.82, 2.24) is 5.32 Å². The third-order valence-corrected chi connectivity index (χ3v) is 4.03. The van der Waals surface area contributed by atoms with E-state index < -0.39 is 17.8 Å². The Morgan fingerprint density at radius 2 is 1.89 bits per heavy atom. The fourth-order valence-corrected chi connectivity index (χ4v) is 2.69. The van der Waals surface area contributed by atoms with Crippen LogP contribution in [0.4, 0.5) is 10.5 Å². The molecule has 2 aromatic carbocycles. The number of rotatable bonds is 8. The summed E-state index contributed by atoms with van der Waals surface area (Å²) < 4.78 is 10.6. The van der Waals surface area contributed by atoms with Gasteiger partial charge in [-0.3, -0.25) is 0 Å². The van der Waals surface area contributed by atoms with Crippen LogP contribution < -0.4 is 15.4 Å². The van der Waals surface area contributed by atoms with Crippen molar-refractivity contribution in [2.45, 2.75) is 45.4 Å². The minimum Gasteiger partial charge on any atom is -0.496 e. The highest BCUT2D eigenvalue weighted by Crippen LogP contribution is 2.22. The average Bonchev–Trinajstić information content (AvgIpc) is 2.65. The lowest BCUT2D eigenvalue weighted by atomic mass is 10.1. The first-order chi connectivity index (χ1) is 13.3. The van der Waals surface area contributed by atoms with Crippen molar-refractivity contribution in [2.24, 2.45) is 0 Å². The number of anilines is 1. The molecule has 0 aliphatic carbocycles. The van der Waals surface area contributed by atoms with Gasteiger partial charge in [0, 0.05) is 24.3 Å². The fourth-order valence-electron chi connectivity index (χ4n) is 2.69. The second-order valence-corrected chi connectivity index (χ2v) is 7.52. The first-order valence-electron chi connectivity index (χ1n) is 9.39. The van der Waals surface area contributed by atoms with E-state index in [1.807, 2.05) is 69.3 Å². The lowest BCUT2D eigenvalue weighted by molar-refractivity contribution is 0.0518. The van der Waals surface area contributed by atoms with Crippen LogP contribution in [0.3, 0.4) is 0 Å². The van der Waals surface area contributed by atoms with Gasteiger partial charge in [0.15, 0.2) is 0 Å². The summed E-state index contributed by atoms with van der Waals surface area (Å²) in [6.45, 7) is 6.37. The fraction of sp³-hybridized carbons (Fsp3) is 0.409. The van der Waals surface area contributed by atoms with Crippen molar-refractivity contribution in [1.29, 1.82) is 0 Å². The Morgan fingerprint density at radius 1 is 1.14 bits per heavy atom. The lowest BCUT2D eigenvalue weighted by Crippen LogP contribution is -2.33. The van der Waals surface area contributed by atoms with Crippen molar-refractivity contribution >= 4 is 11.8 Å². The predicted molar refractivity (Wildman–Crippen MR) is 111 cm³/mol. The second kappa shape index (κ2) is 9.99. The van der Waals surface area contributed by atoms with Crippen molar-refractivity contribution in [3.8, 4) is 5.75 Å². The number of amides is 1. The summed E-state index contributed by atoms with van der Waals surface area (Å²) in [6, 6.07) is 15.5. The predicted octanol–water partition coefficient (Wildman–Crippen LogP) is 4.26. The topological polar surface area (TPSA) is 79.8 Å². The largest absolute Gasteiger partial charge is 0.496 e. The molecule has 0 aliphatic rings. The number of ether oxygens (including phenoxy) is 2. The van der Waals surface area contributed by atoms with Gasteiger partial charge < -0.3 is 25.2 Å². The summed E-state index contributed by atoms with van der Waals surface area (Å²) in [6.07, 6.45) is -0.760. The maximum Gasteiger partial charge on any atom is 0.407 e. The highest BCUT2D eigenvalue weighted by molar-refractivity contribution is 5.67. The number of carbonyl (C=O) groups excluding carboxylic acids is 1. The van der Waals surface area contributed by atoms with Crippen LogP contribution in [0.2, 0.25) is 0 Å². The number of aliphatic hydroxyl groups excluding tert-OH is 1. The normalized spacial score (nSPS) is 12.2. The van der Waals surface area contributed by atoms with Crippen LogP contribution in [0, 0.1) is 0 Å². The molecule has 1 unspecified atom stereocenters. The van der Waals surface area contributed by atoms with E-state index in [0.717, 1.165) is 22.6 Å². The summed E-state index contributed by atoms with van der Waals surface area (Å²) in [5.41, 5.74) is 2.21. The Morgan fingerprint density at radius 3 is 2.61 bits per heavy atom. The molecule has 152 valence electrons. The molecule has 1 amide bonds. The Bertz CT molecular complexity index is 771. The Kier molecular flexibility index (Phi) is 7.70. The van der Waals surface area contributed by atoms with Crippen molar-refractivity contribution in [3.63, 3.8) is 0 Å². The van der Waals surface area contributed by atoms with E-state index in [1.54, 1.807) is 7.11 Å². The summed E-state index contributed by atoms with van der Waals surface area (Å²) in [7, 11) is 1.65. The number of aliphatic hydroxyl groups is 1. The van der Waals surface area contributed by atoms with Gasteiger partial charge in [-0.05, 0) is 51.0 Å². The minimum atomic E-state index is -0.678. The van der Waals surface area contributed by atoms with E-state index in [4.69, 9.17) is 9.47 Å². The molecule has 0 aromatic heterocycles. The van der Waals surface area contributed by atoms with Crippen LogP contribution in [-0.4, -0.2) is 30.5 Å². The van der Waals surface area contributed by atoms with Crippen LogP contribution in [-0.2, 0) is 11.3 Å². The number of para-hydroxylation sites is 1. The molecule has 6 nitrogen and oxygen atoms in total. The molecule has 0 aliphatic heterocycles. The molecule has 2 aromatic rings. The lowest BCUT2D eigenvalue weighted by Gasteiger charge is -2.20. The number of benzene rings is 2. The van der Waals surface area contributed by atoms with Gasteiger partial charge >= 0.3 is 6.09 Å². The van der Waals surface area contributed by atoms with E-state index >= 15 is 0 Å². The maximum atomic E-state index is 11.7.